The number of hydrogen-bond acceptors (Lipinski definition) is 3. The Bertz CT molecular complexity index is 351. The van der Waals surface area contributed by atoms with Crippen LogP contribution in [0, 0.1) is 0 Å². The third-order valence-electron chi connectivity index (χ3n) is 1.72. The first kappa shape index (κ1) is 12.7. The maximum atomic E-state index is 9.60. The molecule has 0 aliphatic rings. The monoisotopic (exact) mass is 224 g/mol. The minimum Gasteiger partial charge on any atom is -0.504 e. The number of benzene rings is 1. The van der Waals surface area contributed by atoms with E-state index in [2.05, 4.69) is 0 Å². The summed E-state index contributed by atoms with van der Waals surface area (Å²) in [4.78, 5) is 0. The van der Waals surface area contributed by atoms with E-state index in [4.69, 9.17) is 9.47 Å². The first-order valence-electron chi connectivity index (χ1n) is 5.46. The van der Waals surface area contributed by atoms with Crippen LogP contribution >= 0.6 is 0 Å². The molecule has 1 aromatic rings. The summed E-state index contributed by atoms with van der Waals surface area (Å²) in [5, 5.41) is 9.60. The second-order valence-corrected chi connectivity index (χ2v) is 5.01. The van der Waals surface area contributed by atoms with Crippen molar-refractivity contribution in [1.82, 2.24) is 0 Å². The van der Waals surface area contributed by atoms with E-state index >= 15 is 0 Å². The summed E-state index contributed by atoms with van der Waals surface area (Å²) in [6, 6.07) is 5.02. The summed E-state index contributed by atoms with van der Waals surface area (Å²) in [7, 11) is 0. The molecule has 0 spiro atoms. The fourth-order valence-corrected chi connectivity index (χ4v) is 1.26. The molecule has 1 rings (SSSR count). The molecule has 1 aromatic carbocycles. The van der Waals surface area contributed by atoms with Crippen molar-refractivity contribution in [2.75, 3.05) is 0 Å². The van der Waals surface area contributed by atoms with Crippen molar-refractivity contribution in [2.24, 2.45) is 0 Å². The van der Waals surface area contributed by atoms with Crippen LogP contribution in [0.2, 0.25) is 0 Å². The summed E-state index contributed by atoms with van der Waals surface area (Å²) in [5.41, 5.74) is -0.258. The third kappa shape index (κ3) is 4.01. The largest absolute Gasteiger partial charge is 0.504 e. The molecule has 3 nitrogen and oxygen atoms in total. The quantitative estimate of drug-likeness (QED) is 0.855. The third-order valence-corrected chi connectivity index (χ3v) is 1.72. The van der Waals surface area contributed by atoms with Gasteiger partial charge in [-0.05, 0) is 46.8 Å². The molecular weight excluding hydrogens is 204 g/mol. The van der Waals surface area contributed by atoms with Crippen molar-refractivity contribution >= 4 is 0 Å². The highest BCUT2D eigenvalue weighted by Crippen LogP contribution is 2.32. The van der Waals surface area contributed by atoms with Crippen LogP contribution in [0.15, 0.2) is 18.2 Å². The van der Waals surface area contributed by atoms with Gasteiger partial charge >= 0.3 is 0 Å². The number of phenols is 1. The Morgan fingerprint density at radius 1 is 1.19 bits per heavy atom. The molecule has 0 amide bonds. The molecule has 3 heteroatoms. The first-order valence-corrected chi connectivity index (χ1v) is 5.46. The number of rotatable bonds is 3. The van der Waals surface area contributed by atoms with Crippen molar-refractivity contribution in [2.45, 2.75) is 46.3 Å². The minimum atomic E-state index is -0.258. The van der Waals surface area contributed by atoms with Crippen molar-refractivity contribution in [3.8, 4) is 17.2 Å². The second kappa shape index (κ2) is 4.64. The molecule has 16 heavy (non-hydrogen) atoms. The van der Waals surface area contributed by atoms with Gasteiger partial charge in [0, 0.05) is 6.07 Å². The average Bonchev–Trinajstić information content (AvgIpc) is 2.07. The van der Waals surface area contributed by atoms with Gasteiger partial charge in [-0.1, -0.05) is 0 Å². The molecule has 0 atom stereocenters. The Kier molecular flexibility index (Phi) is 3.68. The van der Waals surface area contributed by atoms with Gasteiger partial charge in [0.2, 0.25) is 0 Å². The summed E-state index contributed by atoms with van der Waals surface area (Å²) >= 11 is 0. The fraction of sp³-hybridized carbons (Fsp3) is 0.538. The zero-order chi connectivity index (χ0) is 12.3. The molecule has 0 bridgehead atoms. The normalized spacial score (nSPS) is 11.6. The molecular formula is C13H20O3. The first-order chi connectivity index (χ1) is 7.28. The van der Waals surface area contributed by atoms with E-state index in [1.165, 1.54) is 0 Å². The van der Waals surface area contributed by atoms with Crippen LogP contribution in [0.3, 0.4) is 0 Å². The van der Waals surface area contributed by atoms with Gasteiger partial charge in [-0.3, -0.25) is 0 Å². The summed E-state index contributed by atoms with van der Waals surface area (Å²) in [6.45, 7) is 9.75. The molecule has 0 heterocycles. The van der Waals surface area contributed by atoms with Crippen LogP contribution in [-0.4, -0.2) is 16.8 Å². The molecule has 0 unspecified atom stereocenters. The van der Waals surface area contributed by atoms with Crippen molar-refractivity contribution in [3.63, 3.8) is 0 Å². The molecule has 0 radical (unpaired) electrons. The van der Waals surface area contributed by atoms with E-state index in [-0.39, 0.29) is 17.5 Å². The Morgan fingerprint density at radius 3 is 2.31 bits per heavy atom. The van der Waals surface area contributed by atoms with Crippen LogP contribution < -0.4 is 9.47 Å². The standard InChI is InChI=1S/C13H20O3/c1-9(2)15-12-8-10(6-7-11(12)14)16-13(3,4)5/h6-9,14H,1-5H3. The minimum absolute atomic E-state index is 0.0239. The SMILES string of the molecule is CC(C)Oc1cc(OC(C)(C)C)ccc1O. The molecule has 1 N–H and O–H groups in total. The molecule has 0 saturated carbocycles. The number of aromatic hydroxyl groups is 1. The predicted molar refractivity (Wildman–Crippen MR) is 64.3 cm³/mol. The highest BCUT2D eigenvalue weighted by molar-refractivity contribution is 5.44. The lowest BCUT2D eigenvalue weighted by Gasteiger charge is -2.22. The van der Waals surface area contributed by atoms with Gasteiger partial charge in [-0.15, -0.1) is 0 Å². The summed E-state index contributed by atoms with van der Waals surface area (Å²) < 4.78 is 11.2. The van der Waals surface area contributed by atoms with Gasteiger partial charge in [-0.25, -0.2) is 0 Å². The highest BCUT2D eigenvalue weighted by Gasteiger charge is 2.13. The fourth-order valence-electron chi connectivity index (χ4n) is 1.26. The van der Waals surface area contributed by atoms with Crippen LogP contribution in [0.5, 0.6) is 17.2 Å². The summed E-state index contributed by atoms with van der Waals surface area (Å²) in [5.74, 6) is 1.28. The average molecular weight is 224 g/mol. The zero-order valence-corrected chi connectivity index (χ0v) is 10.6. The van der Waals surface area contributed by atoms with Gasteiger partial charge in [0.05, 0.1) is 6.10 Å². The van der Waals surface area contributed by atoms with Crippen LogP contribution in [0.25, 0.3) is 0 Å². The van der Waals surface area contributed by atoms with Crippen molar-refractivity contribution in [1.29, 1.82) is 0 Å². The van der Waals surface area contributed by atoms with Gasteiger partial charge in [-0.2, -0.15) is 0 Å². The Hall–Kier alpha value is -1.38. The van der Waals surface area contributed by atoms with Crippen LogP contribution in [0.4, 0.5) is 0 Å². The number of ether oxygens (including phenoxy) is 2. The Labute approximate surface area is 97.0 Å². The van der Waals surface area contributed by atoms with Crippen molar-refractivity contribution in [3.05, 3.63) is 18.2 Å². The summed E-state index contributed by atoms with van der Waals surface area (Å²) in [6.07, 6.45) is 0.0239. The van der Waals surface area contributed by atoms with Gasteiger partial charge in [0.25, 0.3) is 0 Å². The van der Waals surface area contributed by atoms with E-state index in [9.17, 15) is 5.11 Å². The van der Waals surface area contributed by atoms with Crippen LogP contribution in [-0.2, 0) is 0 Å². The predicted octanol–water partition coefficient (Wildman–Crippen LogP) is 3.36. The Balaban J connectivity index is 2.89. The molecule has 0 aromatic heterocycles. The van der Waals surface area contributed by atoms with Gasteiger partial charge in [0.15, 0.2) is 11.5 Å². The van der Waals surface area contributed by atoms with E-state index in [1.807, 2.05) is 34.6 Å². The van der Waals surface area contributed by atoms with Gasteiger partial charge < -0.3 is 14.6 Å². The van der Waals surface area contributed by atoms with Gasteiger partial charge in [0.1, 0.15) is 11.4 Å². The molecule has 0 aliphatic carbocycles. The maximum Gasteiger partial charge on any atom is 0.164 e. The molecule has 0 saturated heterocycles. The van der Waals surface area contributed by atoms with E-state index < -0.39 is 0 Å². The lowest BCUT2D eigenvalue weighted by Crippen LogP contribution is -2.22. The number of phenolic OH excluding ortho intramolecular Hbond substituents is 1. The maximum absolute atomic E-state index is 9.60. The van der Waals surface area contributed by atoms with E-state index in [1.54, 1.807) is 18.2 Å². The Morgan fingerprint density at radius 2 is 1.81 bits per heavy atom. The van der Waals surface area contributed by atoms with Crippen molar-refractivity contribution < 1.29 is 14.6 Å². The smallest absolute Gasteiger partial charge is 0.164 e. The molecule has 0 fully saturated rings. The van der Waals surface area contributed by atoms with Crippen LogP contribution in [0.1, 0.15) is 34.6 Å². The van der Waals surface area contributed by atoms with E-state index in [0.717, 1.165) is 0 Å². The topological polar surface area (TPSA) is 38.7 Å². The van der Waals surface area contributed by atoms with E-state index in [0.29, 0.717) is 11.5 Å². The number of hydrogen-bond donors (Lipinski definition) is 1. The lowest BCUT2D eigenvalue weighted by atomic mass is 10.2. The lowest BCUT2D eigenvalue weighted by molar-refractivity contribution is 0.129. The molecule has 0 aliphatic heterocycles. The second-order valence-electron chi connectivity index (χ2n) is 5.01. The highest BCUT2D eigenvalue weighted by atomic mass is 16.5. The zero-order valence-electron chi connectivity index (χ0n) is 10.6. The molecule has 90 valence electrons.